The SMILES string of the molecule is CCCCCCCCC1(CCCCCCCC)c2cc(Br)ccc2-c2ccc(-c3ccc(Cl)cc3)cc21. The van der Waals surface area contributed by atoms with Crippen LogP contribution in [0.2, 0.25) is 5.02 Å². The van der Waals surface area contributed by atoms with Gasteiger partial charge in [0.1, 0.15) is 0 Å². The Bertz CT molecular complexity index is 1110. The number of hydrogen-bond acceptors (Lipinski definition) is 0. The molecule has 3 aromatic carbocycles. The van der Waals surface area contributed by atoms with Crippen LogP contribution in [-0.2, 0) is 5.41 Å². The van der Waals surface area contributed by atoms with Crippen LogP contribution in [0.5, 0.6) is 0 Å². The van der Waals surface area contributed by atoms with Gasteiger partial charge >= 0.3 is 0 Å². The summed E-state index contributed by atoms with van der Waals surface area (Å²) in [5.74, 6) is 0. The van der Waals surface area contributed by atoms with Crippen molar-refractivity contribution in [2.75, 3.05) is 0 Å². The van der Waals surface area contributed by atoms with Gasteiger partial charge in [0.05, 0.1) is 0 Å². The van der Waals surface area contributed by atoms with Crippen LogP contribution in [0.4, 0.5) is 0 Å². The van der Waals surface area contributed by atoms with E-state index in [9.17, 15) is 0 Å². The van der Waals surface area contributed by atoms with Crippen molar-refractivity contribution in [1.82, 2.24) is 0 Å². The molecule has 0 spiro atoms. The summed E-state index contributed by atoms with van der Waals surface area (Å²) in [6.07, 6.45) is 18.6. The molecule has 0 heterocycles. The molecule has 198 valence electrons. The molecule has 0 amide bonds. The highest BCUT2D eigenvalue weighted by molar-refractivity contribution is 9.10. The van der Waals surface area contributed by atoms with Crippen molar-refractivity contribution >= 4 is 27.5 Å². The topological polar surface area (TPSA) is 0 Å². The summed E-state index contributed by atoms with van der Waals surface area (Å²) in [5, 5.41) is 0.794. The van der Waals surface area contributed by atoms with E-state index in [1.54, 1.807) is 11.1 Å². The highest BCUT2D eigenvalue weighted by atomic mass is 79.9. The number of fused-ring (bicyclic) bond motifs is 3. The van der Waals surface area contributed by atoms with Crippen LogP contribution >= 0.6 is 27.5 Å². The molecule has 4 rings (SSSR count). The van der Waals surface area contributed by atoms with E-state index in [4.69, 9.17) is 11.6 Å². The quantitative estimate of drug-likeness (QED) is 0.157. The second-order valence-corrected chi connectivity index (χ2v) is 12.4. The first-order chi connectivity index (χ1) is 18.1. The second-order valence-electron chi connectivity index (χ2n) is 11.1. The number of unbranched alkanes of at least 4 members (excludes halogenated alkanes) is 10. The van der Waals surface area contributed by atoms with Crippen molar-refractivity contribution in [2.24, 2.45) is 0 Å². The molecular weight excluding hydrogens is 536 g/mol. The summed E-state index contributed by atoms with van der Waals surface area (Å²) in [4.78, 5) is 0. The van der Waals surface area contributed by atoms with E-state index in [0.717, 1.165) is 5.02 Å². The molecule has 0 radical (unpaired) electrons. The van der Waals surface area contributed by atoms with Gasteiger partial charge in [0, 0.05) is 14.9 Å². The molecule has 0 saturated heterocycles. The Morgan fingerprint density at radius 3 is 1.65 bits per heavy atom. The molecule has 3 aromatic rings. The van der Waals surface area contributed by atoms with Crippen molar-refractivity contribution < 1.29 is 0 Å². The first kappa shape index (κ1) is 28.4. The minimum absolute atomic E-state index is 0.104. The van der Waals surface area contributed by atoms with Gasteiger partial charge in [-0.05, 0) is 76.6 Å². The Balaban J connectivity index is 1.69. The summed E-state index contributed by atoms with van der Waals surface area (Å²) in [6.45, 7) is 4.61. The maximum absolute atomic E-state index is 6.21. The Labute approximate surface area is 239 Å². The van der Waals surface area contributed by atoms with E-state index in [0.29, 0.717) is 0 Å². The first-order valence-corrected chi connectivity index (χ1v) is 16.0. The standard InChI is InChI=1S/C35H44BrCl/c1-3-5-7-9-11-13-23-35(24-14-12-10-8-6-4-2)33-25-28(27-15-19-30(37)20-16-27)17-21-31(33)32-22-18-29(36)26-34(32)35/h15-22,25-26H,3-14,23-24H2,1-2H3. The van der Waals surface area contributed by atoms with Crippen molar-refractivity contribution in [2.45, 2.75) is 109 Å². The Hall–Kier alpha value is -1.57. The van der Waals surface area contributed by atoms with Crippen molar-refractivity contribution in [3.8, 4) is 22.3 Å². The van der Waals surface area contributed by atoms with E-state index in [1.807, 2.05) is 12.1 Å². The number of rotatable bonds is 15. The average molecular weight is 580 g/mol. The normalized spacial score (nSPS) is 13.5. The van der Waals surface area contributed by atoms with E-state index < -0.39 is 0 Å². The van der Waals surface area contributed by atoms with Gasteiger partial charge in [0.2, 0.25) is 0 Å². The Morgan fingerprint density at radius 2 is 1.05 bits per heavy atom. The van der Waals surface area contributed by atoms with Gasteiger partial charge in [0.25, 0.3) is 0 Å². The number of hydrogen-bond donors (Lipinski definition) is 0. The van der Waals surface area contributed by atoms with Crippen LogP contribution in [0.25, 0.3) is 22.3 Å². The molecule has 2 heteroatoms. The molecule has 0 N–H and O–H groups in total. The maximum Gasteiger partial charge on any atom is 0.0406 e. The molecule has 0 unspecified atom stereocenters. The summed E-state index contributed by atoms with van der Waals surface area (Å²) in [7, 11) is 0. The lowest BCUT2D eigenvalue weighted by molar-refractivity contribution is 0.398. The van der Waals surface area contributed by atoms with E-state index in [2.05, 4.69) is 78.3 Å². The van der Waals surface area contributed by atoms with Gasteiger partial charge in [-0.15, -0.1) is 0 Å². The molecule has 0 aromatic heterocycles. The summed E-state index contributed by atoms with van der Waals surface area (Å²) < 4.78 is 1.20. The fourth-order valence-corrected chi connectivity index (χ4v) is 6.85. The third-order valence-electron chi connectivity index (χ3n) is 8.41. The predicted octanol–water partition coefficient (Wildman–Crippen LogP) is 12.5. The summed E-state index contributed by atoms with van der Waals surface area (Å²) >= 11 is 10.0. The molecule has 0 fully saturated rings. The lowest BCUT2D eigenvalue weighted by Crippen LogP contribution is -2.25. The third-order valence-corrected chi connectivity index (χ3v) is 9.16. The Kier molecular flexibility index (Phi) is 10.8. The van der Waals surface area contributed by atoms with E-state index in [1.165, 1.54) is 117 Å². The fraction of sp³-hybridized carbons (Fsp3) is 0.486. The van der Waals surface area contributed by atoms with Gasteiger partial charge in [-0.3, -0.25) is 0 Å². The Morgan fingerprint density at radius 1 is 0.568 bits per heavy atom. The lowest BCUT2D eigenvalue weighted by atomic mass is 9.70. The maximum atomic E-state index is 6.21. The zero-order chi connectivity index (χ0) is 26.1. The van der Waals surface area contributed by atoms with Gasteiger partial charge < -0.3 is 0 Å². The van der Waals surface area contributed by atoms with Crippen LogP contribution in [-0.4, -0.2) is 0 Å². The van der Waals surface area contributed by atoms with Crippen LogP contribution in [0.1, 0.15) is 115 Å². The van der Waals surface area contributed by atoms with Gasteiger partial charge in [-0.25, -0.2) is 0 Å². The molecule has 1 aliphatic rings. The molecule has 1 aliphatic carbocycles. The van der Waals surface area contributed by atoms with Crippen molar-refractivity contribution in [3.05, 3.63) is 81.3 Å². The first-order valence-electron chi connectivity index (χ1n) is 14.8. The van der Waals surface area contributed by atoms with Crippen molar-refractivity contribution in [3.63, 3.8) is 0 Å². The smallest absolute Gasteiger partial charge is 0.0406 e. The minimum Gasteiger partial charge on any atom is -0.0843 e. The van der Waals surface area contributed by atoms with Crippen molar-refractivity contribution in [1.29, 1.82) is 0 Å². The predicted molar refractivity (Wildman–Crippen MR) is 167 cm³/mol. The highest BCUT2D eigenvalue weighted by Crippen LogP contribution is 2.55. The largest absolute Gasteiger partial charge is 0.0843 e. The van der Waals surface area contributed by atoms with Crippen LogP contribution in [0.15, 0.2) is 65.1 Å². The molecule has 37 heavy (non-hydrogen) atoms. The van der Waals surface area contributed by atoms with Gasteiger partial charge in [-0.1, -0.05) is 149 Å². The zero-order valence-electron chi connectivity index (χ0n) is 22.9. The third kappa shape index (κ3) is 6.90. The van der Waals surface area contributed by atoms with Crippen LogP contribution < -0.4 is 0 Å². The molecule has 0 aliphatic heterocycles. The van der Waals surface area contributed by atoms with Gasteiger partial charge in [0.15, 0.2) is 0 Å². The van der Waals surface area contributed by atoms with Gasteiger partial charge in [-0.2, -0.15) is 0 Å². The summed E-state index contributed by atoms with van der Waals surface area (Å²) in [5.41, 5.74) is 8.64. The highest BCUT2D eigenvalue weighted by Gasteiger charge is 2.42. The lowest BCUT2D eigenvalue weighted by Gasteiger charge is -2.33. The molecule has 0 saturated carbocycles. The summed E-state index contributed by atoms with van der Waals surface area (Å²) in [6, 6.07) is 22.6. The van der Waals surface area contributed by atoms with Crippen LogP contribution in [0, 0.1) is 0 Å². The number of benzene rings is 3. The monoisotopic (exact) mass is 578 g/mol. The molecular formula is C35H44BrCl. The zero-order valence-corrected chi connectivity index (χ0v) is 25.3. The van der Waals surface area contributed by atoms with E-state index in [-0.39, 0.29) is 5.41 Å². The molecule has 0 nitrogen and oxygen atoms in total. The average Bonchev–Trinajstić information content (AvgIpc) is 3.17. The van der Waals surface area contributed by atoms with Crippen LogP contribution in [0.3, 0.4) is 0 Å². The fourth-order valence-electron chi connectivity index (χ4n) is 6.37. The van der Waals surface area contributed by atoms with E-state index >= 15 is 0 Å². The second kappa shape index (κ2) is 14.0. The minimum atomic E-state index is 0.104. The number of halogens is 2. The molecule has 0 atom stereocenters. The molecule has 0 bridgehead atoms.